The van der Waals surface area contributed by atoms with E-state index in [4.69, 9.17) is 0 Å². The molecule has 0 radical (unpaired) electrons. The molecule has 68 heavy (non-hydrogen) atoms. The first-order chi connectivity index (χ1) is 33.7. The molecule has 0 saturated heterocycles. The lowest BCUT2D eigenvalue weighted by atomic mass is 9.93. The Labute approximate surface area is 400 Å². The van der Waals surface area contributed by atoms with Crippen LogP contribution in [-0.4, -0.2) is 0 Å². The Morgan fingerprint density at radius 1 is 0.221 bits per heavy atom. The minimum Gasteiger partial charge on any atom is -0.310 e. The zero-order chi connectivity index (χ0) is 45.5. The molecule has 11 aromatic carbocycles. The van der Waals surface area contributed by atoms with Gasteiger partial charge in [-0.25, -0.2) is 0 Å². The van der Waals surface area contributed by atoms with E-state index in [9.17, 15) is 0 Å². The maximum atomic E-state index is 3.33. The van der Waals surface area contributed by atoms with Crippen molar-refractivity contribution >= 4 is 34.1 Å². The summed E-state index contributed by atoms with van der Waals surface area (Å²) in [7, 11) is 0. The molecule has 2 nitrogen and oxygen atoms in total. The molecule has 0 bridgehead atoms. The average Bonchev–Trinajstić information content (AvgIpc) is 3.43. The summed E-state index contributed by atoms with van der Waals surface area (Å²) in [5.41, 5.74) is 20.4. The van der Waals surface area contributed by atoms with Crippen LogP contribution in [0.1, 0.15) is 0 Å². The van der Waals surface area contributed by atoms with Gasteiger partial charge in [0.05, 0.1) is 0 Å². The van der Waals surface area contributed by atoms with Crippen LogP contribution in [0.2, 0.25) is 0 Å². The highest BCUT2D eigenvalue weighted by atomic mass is 15.1. The van der Waals surface area contributed by atoms with Crippen molar-refractivity contribution < 1.29 is 0 Å². The van der Waals surface area contributed by atoms with Crippen molar-refractivity contribution in [3.63, 3.8) is 0 Å². The van der Waals surface area contributed by atoms with Gasteiger partial charge >= 0.3 is 0 Å². The standard InChI is InChI=1S/C66H46N2/c1-7-20-51(21-8-1)63-44-42-61(47-65(63)53-24-11-3-12-25-53)67(57-30-15-5-16-31-57)59-38-34-49(35-39-59)55-28-19-29-56(46-55)50-36-40-60(41-37-50)68(58-32-17-6-18-33-58)62-43-45-64(52-22-9-2-10-23-52)66(48-62)54-26-13-4-14-27-54/h1-9,11-22,24-48H. The Bertz CT molecular complexity index is 3160. The predicted molar refractivity (Wildman–Crippen MR) is 286 cm³/mol. The Hall–Kier alpha value is -9.16. The number of para-hydroxylation sites is 2. The summed E-state index contributed by atoms with van der Waals surface area (Å²) in [4.78, 5) is 4.68. The van der Waals surface area contributed by atoms with E-state index in [0.717, 1.165) is 78.6 Å². The molecule has 320 valence electrons. The summed E-state index contributed by atoms with van der Waals surface area (Å²) in [5.74, 6) is 0. The summed E-state index contributed by atoms with van der Waals surface area (Å²) < 4.78 is 0. The van der Waals surface area contributed by atoms with Crippen LogP contribution in [0, 0.1) is 12.1 Å². The van der Waals surface area contributed by atoms with Crippen LogP contribution in [0.4, 0.5) is 34.1 Å². The molecular formula is C66H46N2. The van der Waals surface area contributed by atoms with E-state index >= 15 is 0 Å². The molecule has 0 aliphatic rings. The molecule has 0 amide bonds. The van der Waals surface area contributed by atoms with Gasteiger partial charge in [0.15, 0.2) is 0 Å². The third-order valence-electron chi connectivity index (χ3n) is 12.5. The van der Waals surface area contributed by atoms with Gasteiger partial charge in [-0.3, -0.25) is 0 Å². The molecule has 0 aromatic heterocycles. The second kappa shape index (κ2) is 19.1. The fraction of sp³-hybridized carbons (Fsp3) is 0. The van der Waals surface area contributed by atoms with E-state index in [0.29, 0.717) is 0 Å². The van der Waals surface area contributed by atoms with Gasteiger partial charge in [0.1, 0.15) is 0 Å². The highest BCUT2D eigenvalue weighted by Gasteiger charge is 2.19. The van der Waals surface area contributed by atoms with Crippen molar-refractivity contribution in [3.05, 3.63) is 291 Å². The predicted octanol–water partition coefficient (Wildman–Crippen LogP) is 18.2. The van der Waals surface area contributed by atoms with Crippen LogP contribution in [-0.2, 0) is 0 Å². The molecule has 0 fully saturated rings. The Balaban J connectivity index is 0.910. The first-order valence-electron chi connectivity index (χ1n) is 23.1. The van der Waals surface area contributed by atoms with Gasteiger partial charge in [0, 0.05) is 39.7 Å². The van der Waals surface area contributed by atoms with Gasteiger partial charge in [0.25, 0.3) is 0 Å². The summed E-state index contributed by atoms with van der Waals surface area (Å²) in [6.07, 6.45) is 0. The third-order valence-corrected chi connectivity index (χ3v) is 12.5. The normalized spacial score (nSPS) is 10.8. The fourth-order valence-corrected chi connectivity index (χ4v) is 9.20. The molecule has 11 rings (SSSR count). The maximum absolute atomic E-state index is 3.33. The van der Waals surface area contributed by atoms with Crippen LogP contribution in [0.5, 0.6) is 0 Å². The average molecular weight is 867 g/mol. The number of nitrogens with zero attached hydrogens (tertiary/aromatic N) is 2. The molecule has 0 heterocycles. The number of hydrogen-bond acceptors (Lipinski definition) is 2. The van der Waals surface area contributed by atoms with Gasteiger partial charge in [-0.15, -0.1) is 0 Å². The quantitative estimate of drug-likeness (QED) is 0.121. The van der Waals surface area contributed by atoms with E-state index in [1.165, 1.54) is 22.3 Å². The van der Waals surface area contributed by atoms with Crippen LogP contribution < -0.4 is 9.80 Å². The number of benzene rings is 10. The zero-order valence-electron chi connectivity index (χ0n) is 37.5. The fourth-order valence-electron chi connectivity index (χ4n) is 9.20. The van der Waals surface area contributed by atoms with Crippen molar-refractivity contribution in [2.45, 2.75) is 0 Å². The number of anilines is 6. The minimum absolute atomic E-state index is 1.02. The SMILES string of the molecule is c1cccc(-c2ccc(N(c3ccccc3)c3ccc(-c4cccc(-c5ccc(N(c6ccccc6)c6ccc(-c7ccccc7)c(-c7ccccc7)c6)cc5)c4)cc3)cc2-c2ccccc2)c#1. The molecule has 0 spiro atoms. The van der Waals surface area contributed by atoms with Crippen molar-refractivity contribution in [1.82, 2.24) is 0 Å². The van der Waals surface area contributed by atoms with Crippen molar-refractivity contribution in [2.75, 3.05) is 9.80 Å². The molecule has 11 aromatic rings. The van der Waals surface area contributed by atoms with E-state index < -0.39 is 0 Å². The van der Waals surface area contributed by atoms with Gasteiger partial charge in [-0.2, -0.15) is 0 Å². The highest BCUT2D eigenvalue weighted by Crippen LogP contribution is 2.43. The van der Waals surface area contributed by atoms with Gasteiger partial charge in [0.2, 0.25) is 0 Å². The Morgan fingerprint density at radius 3 is 1.03 bits per heavy atom. The van der Waals surface area contributed by atoms with E-state index in [1.54, 1.807) is 0 Å². The van der Waals surface area contributed by atoms with Crippen LogP contribution >= 0.6 is 0 Å². The largest absolute Gasteiger partial charge is 0.310 e. The molecule has 0 atom stereocenters. The van der Waals surface area contributed by atoms with E-state index in [-0.39, 0.29) is 0 Å². The van der Waals surface area contributed by atoms with Gasteiger partial charge in [-0.05, 0) is 152 Å². The Morgan fingerprint density at radius 2 is 0.588 bits per heavy atom. The second-order valence-corrected chi connectivity index (χ2v) is 16.8. The van der Waals surface area contributed by atoms with E-state index in [2.05, 4.69) is 289 Å². The maximum Gasteiger partial charge on any atom is 0.0468 e. The summed E-state index contributed by atoms with van der Waals surface area (Å²) in [6.45, 7) is 0. The molecule has 0 N–H and O–H groups in total. The lowest BCUT2D eigenvalue weighted by molar-refractivity contribution is 1.28. The smallest absolute Gasteiger partial charge is 0.0468 e. The van der Waals surface area contributed by atoms with Crippen molar-refractivity contribution in [1.29, 1.82) is 0 Å². The summed E-state index contributed by atoms with van der Waals surface area (Å²) in [6, 6.07) is 106. The van der Waals surface area contributed by atoms with Crippen LogP contribution in [0.25, 0.3) is 66.8 Å². The molecule has 2 heteroatoms. The lowest BCUT2D eigenvalue weighted by Gasteiger charge is -2.27. The zero-order valence-corrected chi connectivity index (χ0v) is 37.5. The molecule has 0 saturated carbocycles. The van der Waals surface area contributed by atoms with Crippen molar-refractivity contribution in [2.24, 2.45) is 0 Å². The molecule has 0 unspecified atom stereocenters. The molecule has 0 aliphatic heterocycles. The number of hydrogen-bond donors (Lipinski definition) is 0. The Kier molecular flexibility index (Phi) is 11.7. The summed E-state index contributed by atoms with van der Waals surface area (Å²) >= 11 is 0. The second-order valence-electron chi connectivity index (χ2n) is 16.8. The lowest BCUT2D eigenvalue weighted by Crippen LogP contribution is -2.10. The first-order valence-corrected chi connectivity index (χ1v) is 23.1. The van der Waals surface area contributed by atoms with Crippen LogP contribution in [0.3, 0.4) is 0 Å². The van der Waals surface area contributed by atoms with Gasteiger partial charge < -0.3 is 9.80 Å². The molecular weight excluding hydrogens is 821 g/mol. The number of rotatable bonds is 12. The topological polar surface area (TPSA) is 6.48 Å². The third kappa shape index (κ3) is 8.69. The first kappa shape index (κ1) is 41.5. The minimum atomic E-state index is 1.02. The molecule has 0 aliphatic carbocycles. The van der Waals surface area contributed by atoms with Gasteiger partial charge in [-0.1, -0.05) is 200 Å². The monoisotopic (exact) mass is 866 g/mol. The van der Waals surface area contributed by atoms with Crippen LogP contribution in [0.15, 0.2) is 279 Å². The highest BCUT2D eigenvalue weighted by molar-refractivity contribution is 5.91. The van der Waals surface area contributed by atoms with E-state index in [1.807, 2.05) is 12.1 Å². The summed E-state index contributed by atoms with van der Waals surface area (Å²) in [5, 5.41) is 0. The van der Waals surface area contributed by atoms with Crippen molar-refractivity contribution in [3.8, 4) is 66.8 Å².